The van der Waals surface area contributed by atoms with Gasteiger partial charge in [0.1, 0.15) is 0 Å². The van der Waals surface area contributed by atoms with Crippen molar-refractivity contribution >= 4 is 34.0 Å². The third kappa shape index (κ3) is 1.42. The molecule has 56 valence electrons. The van der Waals surface area contributed by atoms with Crippen LogP contribution in [0.15, 0.2) is 27.0 Å². The highest BCUT2D eigenvalue weighted by atomic mass is 32.2. The monoisotopic (exact) mass is 200 g/mol. The van der Waals surface area contributed by atoms with Crippen molar-refractivity contribution in [3.05, 3.63) is 31.1 Å². The maximum atomic E-state index is 10.8. The average Bonchev–Trinajstić information content (AvgIpc) is 2.55. The Morgan fingerprint density at radius 1 is 1.27 bits per heavy atom. The molecule has 0 unspecified atom stereocenters. The minimum absolute atomic E-state index is 0.172. The Hall–Kier alpha value is -0.450. The first-order valence-corrected chi connectivity index (χ1v) is 5.61. The van der Waals surface area contributed by atoms with Crippen molar-refractivity contribution in [2.24, 2.45) is 0 Å². The minimum atomic E-state index is 0.172. The summed E-state index contributed by atoms with van der Waals surface area (Å²) >= 11 is 4.24. The lowest BCUT2D eigenvalue weighted by Crippen LogP contribution is -1.73. The third-order valence-electron chi connectivity index (χ3n) is 1.26. The van der Waals surface area contributed by atoms with Gasteiger partial charge in [0, 0.05) is 15.8 Å². The molecule has 0 aliphatic heterocycles. The summed E-state index contributed by atoms with van der Waals surface area (Å²) in [4.78, 5) is 11.9. The van der Waals surface area contributed by atoms with E-state index < -0.39 is 0 Å². The Morgan fingerprint density at radius 2 is 2.18 bits per heavy atom. The molecule has 2 heterocycles. The molecule has 0 atom stereocenters. The Balaban J connectivity index is 2.53. The second kappa shape index (κ2) is 2.89. The fraction of sp³-hybridized carbons (Fsp3) is 0. The van der Waals surface area contributed by atoms with Gasteiger partial charge in [-0.25, -0.2) is 0 Å². The summed E-state index contributed by atoms with van der Waals surface area (Å²) in [7, 11) is 0. The first-order chi connectivity index (χ1) is 5.36. The molecule has 0 aliphatic carbocycles. The molecule has 0 saturated carbocycles. The second-order valence-corrected chi connectivity index (χ2v) is 4.86. The topological polar surface area (TPSA) is 17.1 Å². The van der Waals surface area contributed by atoms with Gasteiger partial charge in [-0.15, -0.1) is 0 Å². The minimum Gasteiger partial charge on any atom is -0.265 e. The zero-order valence-corrected chi connectivity index (χ0v) is 7.89. The van der Waals surface area contributed by atoms with E-state index in [2.05, 4.69) is 5.38 Å². The molecule has 11 heavy (non-hydrogen) atoms. The van der Waals surface area contributed by atoms with E-state index in [1.54, 1.807) is 11.3 Å². The van der Waals surface area contributed by atoms with Crippen LogP contribution >= 0.6 is 34.0 Å². The number of rotatable bonds is 1. The molecule has 0 aliphatic rings. The second-order valence-electron chi connectivity index (χ2n) is 1.96. The number of hydrogen-bond donors (Lipinski definition) is 0. The van der Waals surface area contributed by atoms with Crippen LogP contribution in [0.3, 0.4) is 0 Å². The first kappa shape index (κ1) is 7.21. The van der Waals surface area contributed by atoms with Gasteiger partial charge in [-0.2, -0.15) is 11.3 Å². The van der Waals surface area contributed by atoms with E-state index >= 15 is 0 Å². The van der Waals surface area contributed by atoms with Gasteiger partial charge < -0.3 is 0 Å². The summed E-state index contributed by atoms with van der Waals surface area (Å²) in [6, 6.07) is 2.03. The molecule has 0 fully saturated rings. The van der Waals surface area contributed by atoms with Crippen LogP contribution in [0.25, 0.3) is 10.4 Å². The Kier molecular flexibility index (Phi) is 1.89. The van der Waals surface area contributed by atoms with Gasteiger partial charge in [-0.1, -0.05) is 22.7 Å². The molecule has 0 bridgehead atoms. The molecule has 2 rings (SSSR count). The summed E-state index contributed by atoms with van der Waals surface area (Å²) in [6.07, 6.45) is 0. The average molecular weight is 200 g/mol. The SMILES string of the molecule is O=c1scc(-c2ccsc2)s1. The Labute approximate surface area is 75.6 Å². The number of hydrogen-bond acceptors (Lipinski definition) is 4. The van der Waals surface area contributed by atoms with Crippen LogP contribution < -0.4 is 4.06 Å². The summed E-state index contributed by atoms with van der Waals surface area (Å²) in [5.74, 6) is 0. The van der Waals surface area contributed by atoms with Crippen molar-refractivity contribution in [2.75, 3.05) is 0 Å². The molecule has 0 spiro atoms. The molecule has 0 N–H and O–H groups in total. The van der Waals surface area contributed by atoms with Crippen LogP contribution in [0.4, 0.5) is 0 Å². The molecule has 2 aromatic heterocycles. The molecule has 0 aromatic carbocycles. The van der Waals surface area contributed by atoms with E-state index in [-0.39, 0.29) is 4.06 Å². The maximum Gasteiger partial charge on any atom is 0.287 e. The van der Waals surface area contributed by atoms with Crippen molar-refractivity contribution in [3.8, 4) is 10.4 Å². The summed E-state index contributed by atoms with van der Waals surface area (Å²) < 4.78 is 0.172. The van der Waals surface area contributed by atoms with Crippen molar-refractivity contribution in [1.29, 1.82) is 0 Å². The van der Waals surface area contributed by atoms with Crippen LogP contribution in [0.5, 0.6) is 0 Å². The van der Waals surface area contributed by atoms with Crippen molar-refractivity contribution in [1.82, 2.24) is 0 Å². The van der Waals surface area contributed by atoms with E-state index in [1.807, 2.05) is 16.8 Å². The summed E-state index contributed by atoms with van der Waals surface area (Å²) in [5, 5.41) is 5.98. The van der Waals surface area contributed by atoms with Gasteiger partial charge in [-0.3, -0.25) is 4.79 Å². The van der Waals surface area contributed by atoms with Crippen LogP contribution in [0.1, 0.15) is 0 Å². The third-order valence-corrected chi connectivity index (χ3v) is 3.92. The van der Waals surface area contributed by atoms with Gasteiger partial charge in [0.25, 0.3) is 4.06 Å². The molecule has 0 radical (unpaired) electrons. The van der Waals surface area contributed by atoms with Gasteiger partial charge in [0.15, 0.2) is 0 Å². The quantitative estimate of drug-likeness (QED) is 0.691. The lowest BCUT2D eigenvalue weighted by molar-refractivity contribution is 1.94. The van der Waals surface area contributed by atoms with Crippen LogP contribution in [-0.4, -0.2) is 0 Å². The van der Waals surface area contributed by atoms with E-state index in [9.17, 15) is 4.79 Å². The smallest absolute Gasteiger partial charge is 0.265 e. The highest BCUT2D eigenvalue weighted by Gasteiger charge is 2.00. The molecule has 4 heteroatoms. The van der Waals surface area contributed by atoms with E-state index in [0.29, 0.717) is 0 Å². The predicted octanol–water partition coefficient (Wildman–Crippen LogP) is 2.90. The fourth-order valence-electron chi connectivity index (χ4n) is 0.771. The van der Waals surface area contributed by atoms with Gasteiger partial charge in [0.2, 0.25) is 0 Å². The largest absolute Gasteiger partial charge is 0.287 e. The fourth-order valence-corrected chi connectivity index (χ4v) is 3.21. The van der Waals surface area contributed by atoms with Crippen molar-refractivity contribution in [3.63, 3.8) is 0 Å². The molecule has 0 saturated heterocycles. The lowest BCUT2D eigenvalue weighted by atomic mass is 10.3. The maximum absolute atomic E-state index is 10.8. The normalized spacial score (nSPS) is 10.2. The highest BCUT2D eigenvalue weighted by molar-refractivity contribution is 7.28. The molecule has 0 amide bonds. The van der Waals surface area contributed by atoms with E-state index in [0.717, 1.165) is 4.88 Å². The van der Waals surface area contributed by atoms with Crippen LogP contribution in [0, 0.1) is 0 Å². The summed E-state index contributed by atoms with van der Waals surface area (Å²) in [6.45, 7) is 0. The Morgan fingerprint density at radius 3 is 2.73 bits per heavy atom. The van der Waals surface area contributed by atoms with E-state index in [4.69, 9.17) is 0 Å². The molecular weight excluding hydrogens is 196 g/mol. The number of thiophene rings is 1. The van der Waals surface area contributed by atoms with Gasteiger partial charge >= 0.3 is 0 Å². The highest BCUT2D eigenvalue weighted by Crippen LogP contribution is 2.25. The van der Waals surface area contributed by atoms with Gasteiger partial charge in [-0.05, 0) is 16.8 Å². The first-order valence-electron chi connectivity index (χ1n) is 2.97. The molecular formula is C7H4OS3. The zero-order valence-electron chi connectivity index (χ0n) is 5.44. The van der Waals surface area contributed by atoms with Gasteiger partial charge in [0.05, 0.1) is 0 Å². The van der Waals surface area contributed by atoms with Crippen molar-refractivity contribution in [2.45, 2.75) is 0 Å². The van der Waals surface area contributed by atoms with E-state index in [1.165, 1.54) is 28.2 Å². The molecule has 1 nitrogen and oxygen atoms in total. The van der Waals surface area contributed by atoms with Crippen LogP contribution in [-0.2, 0) is 0 Å². The standard InChI is InChI=1S/C7H4OS3/c8-7-10-4-6(11-7)5-1-2-9-3-5/h1-4H. The van der Waals surface area contributed by atoms with Crippen molar-refractivity contribution < 1.29 is 0 Å². The summed E-state index contributed by atoms with van der Waals surface area (Å²) in [5.41, 5.74) is 1.17. The lowest BCUT2D eigenvalue weighted by Gasteiger charge is -1.83. The zero-order chi connectivity index (χ0) is 7.68. The van der Waals surface area contributed by atoms with Crippen LogP contribution in [0.2, 0.25) is 0 Å². The molecule has 2 aromatic rings. The predicted molar refractivity (Wildman–Crippen MR) is 51.8 cm³/mol. The Bertz CT molecular complexity index is 382.